The van der Waals surface area contributed by atoms with E-state index in [1.165, 1.54) is 11.6 Å². The molecule has 2 aliphatic rings. The van der Waals surface area contributed by atoms with Crippen LogP contribution < -0.4 is 16.0 Å². The summed E-state index contributed by atoms with van der Waals surface area (Å²) >= 11 is 0. The first kappa shape index (κ1) is 32.6. The molecule has 3 atom stereocenters. The monoisotopic (exact) mass is 593 g/mol. The van der Waals surface area contributed by atoms with E-state index in [1.54, 1.807) is 12.1 Å². The lowest BCUT2D eigenvalue weighted by Crippen LogP contribution is -2.54. The van der Waals surface area contributed by atoms with Crippen molar-refractivity contribution in [1.29, 1.82) is 0 Å². The number of carboxylic acids is 1. The number of aromatic amines is 1. The molecular formula is C34H48FN5O3. The number of hydrogen-bond acceptors (Lipinski definition) is 6. The molecular weight excluding hydrogens is 545 g/mol. The minimum absolute atomic E-state index is 0. The summed E-state index contributed by atoms with van der Waals surface area (Å²) in [7, 11) is 0. The van der Waals surface area contributed by atoms with Crippen LogP contribution in [0.15, 0.2) is 54.6 Å². The zero-order chi connectivity index (χ0) is 29.9. The first-order valence-corrected chi connectivity index (χ1v) is 15.3. The van der Waals surface area contributed by atoms with Crippen molar-refractivity contribution >= 4 is 5.97 Å². The second-order valence-electron chi connectivity index (χ2n) is 13.1. The van der Waals surface area contributed by atoms with Gasteiger partial charge in [0.25, 0.3) is 0 Å². The van der Waals surface area contributed by atoms with Crippen molar-refractivity contribution in [3.8, 4) is 5.75 Å². The van der Waals surface area contributed by atoms with Crippen molar-refractivity contribution in [2.45, 2.75) is 64.8 Å². The fourth-order valence-electron chi connectivity index (χ4n) is 6.98. The van der Waals surface area contributed by atoms with E-state index < -0.39 is 17.4 Å². The molecule has 0 radical (unpaired) electrons. The second-order valence-corrected chi connectivity index (χ2v) is 13.1. The van der Waals surface area contributed by atoms with Gasteiger partial charge in [-0.2, -0.15) is 5.10 Å². The summed E-state index contributed by atoms with van der Waals surface area (Å²) in [6.07, 6.45) is 2.86. The van der Waals surface area contributed by atoms with Crippen LogP contribution in [0.4, 0.5) is 4.39 Å². The number of quaternary nitrogens is 1. The van der Waals surface area contributed by atoms with Crippen LogP contribution in [-0.2, 0) is 11.2 Å². The van der Waals surface area contributed by atoms with Gasteiger partial charge in [-0.25, -0.2) is 4.39 Å². The van der Waals surface area contributed by atoms with E-state index in [4.69, 9.17) is 4.74 Å². The average molecular weight is 594 g/mol. The molecule has 0 aliphatic carbocycles. The highest BCUT2D eigenvalue weighted by molar-refractivity contribution is 5.72. The lowest BCUT2D eigenvalue weighted by molar-refractivity contribution is -0.314. The van der Waals surface area contributed by atoms with Crippen molar-refractivity contribution in [3.63, 3.8) is 0 Å². The number of ether oxygens (including phenoxy) is 1. The summed E-state index contributed by atoms with van der Waals surface area (Å²) in [6.45, 7) is 12.5. The number of halogens is 1. The van der Waals surface area contributed by atoms with E-state index in [2.05, 4.69) is 38.2 Å². The largest absolute Gasteiger partial charge is 0.548 e. The van der Waals surface area contributed by atoms with Crippen LogP contribution in [0.1, 0.15) is 74.9 Å². The first-order chi connectivity index (χ1) is 20.1. The third kappa shape index (κ3) is 8.02. The average Bonchev–Trinajstić information content (AvgIpc) is 3.57. The minimum atomic E-state index is -1.04. The van der Waals surface area contributed by atoms with Gasteiger partial charge in [0.1, 0.15) is 11.6 Å². The Morgan fingerprint density at radius 3 is 2.47 bits per heavy atom. The number of H-pyrrole nitrogens is 1. The van der Waals surface area contributed by atoms with Gasteiger partial charge in [-0.1, -0.05) is 45.0 Å². The predicted molar refractivity (Wildman–Crippen MR) is 166 cm³/mol. The van der Waals surface area contributed by atoms with Gasteiger partial charge in [0.05, 0.1) is 24.3 Å². The van der Waals surface area contributed by atoms with Crippen LogP contribution >= 0.6 is 0 Å². The number of aromatic nitrogens is 2. The molecule has 1 aromatic heterocycles. The molecule has 8 nitrogen and oxygen atoms in total. The molecule has 9 heteroatoms. The molecule has 0 saturated carbocycles. The lowest BCUT2D eigenvalue weighted by atomic mass is 9.85. The van der Waals surface area contributed by atoms with Crippen molar-refractivity contribution in [2.24, 2.45) is 11.3 Å². The highest BCUT2D eigenvalue weighted by atomic mass is 19.1. The molecule has 5 rings (SSSR count). The van der Waals surface area contributed by atoms with Gasteiger partial charge < -0.3 is 25.7 Å². The molecule has 0 spiro atoms. The van der Waals surface area contributed by atoms with Crippen LogP contribution in [0.2, 0.25) is 0 Å². The molecule has 43 heavy (non-hydrogen) atoms. The number of rotatable bonds is 10. The van der Waals surface area contributed by atoms with E-state index >= 15 is 0 Å². The summed E-state index contributed by atoms with van der Waals surface area (Å²) in [5.41, 5.74) is 3.94. The Labute approximate surface area is 255 Å². The maximum absolute atomic E-state index is 14.2. The molecule has 2 aliphatic heterocycles. The van der Waals surface area contributed by atoms with Crippen LogP contribution in [0, 0.1) is 17.2 Å². The third-order valence-electron chi connectivity index (χ3n) is 8.93. The zero-order valence-corrected chi connectivity index (χ0v) is 26.3. The van der Waals surface area contributed by atoms with E-state index in [1.807, 2.05) is 45.9 Å². The van der Waals surface area contributed by atoms with Gasteiger partial charge in [-0.3, -0.25) is 10.00 Å². The standard InChI is InChI=1S/C34H45FN4O3.H3N/c1-5-42-29-11-9-23(10-12-29)17-28-19-31(37-36-28)24-13-15-38(16-14-24)20-26-21-39(32(33(40)41)34(2,3)4)22-30(26)25-7-6-8-27(35)18-25;/h6-12,18-19,24,26,30,32H,5,13-17,20-22H2,1-4H3,(H,36,37)(H,40,41);1H3/t26-,30+,32-;/m0./s1. The number of benzene rings is 2. The smallest absolute Gasteiger partial charge is 0.123 e. The highest BCUT2D eigenvalue weighted by Gasteiger charge is 2.42. The maximum atomic E-state index is 14.2. The number of likely N-dealkylation sites (tertiary alicyclic amines) is 2. The molecule has 3 aromatic rings. The Balaban J connectivity index is 0.00000423. The van der Waals surface area contributed by atoms with Gasteiger partial charge in [0.2, 0.25) is 0 Å². The van der Waals surface area contributed by atoms with Crippen LogP contribution in [0.25, 0.3) is 0 Å². The number of nitrogens with zero attached hydrogens (tertiary/aromatic N) is 3. The van der Waals surface area contributed by atoms with E-state index in [-0.39, 0.29) is 23.8 Å². The molecule has 2 fully saturated rings. The minimum Gasteiger partial charge on any atom is -0.548 e. The molecule has 5 N–H and O–H groups in total. The van der Waals surface area contributed by atoms with Gasteiger partial charge in [-0.05, 0) is 85.6 Å². The van der Waals surface area contributed by atoms with Gasteiger partial charge >= 0.3 is 0 Å². The molecule has 2 aromatic carbocycles. The quantitative estimate of drug-likeness (QED) is 0.342. The van der Waals surface area contributed by atoms with E-state index in [9.17, 15) is 14.3 Å². The summed E-state index contributed by atoms with van der Waals surface area (Å²) in [5, 5.41) is 20.1. The Hall–Kier alpha value is -3.27. The van der Waals surface area contributed by atoms with Crippen molar-refractivity contribution in [2.75, 3.05) is 39.3 Å². The maximum Gasteiger partial charge on any atom is 0.123 e. The Morgan fingerprint density at radius 2 is 1.84 bits per heavy atom. The number of hydrogen-bond donors (Lipinski definition) is 2. The van der Waals surface area contributed by atoms with Gasteiger partial charge in [0.15, 0.2) is 0 Å². The zero-order valence-electron chi connectivity index (χ0n) is 26.3. The van der Waals surface area contributed by atoms with Gasteiger partial charge in [-0.15, -0.1) is 0 Å². The summed E-state index contributed by atoms with van der Waals surface area (Å²) in [6, 6.07) is 16.5. The summed E-state index contributed by atoms with van der Waals surface area (Å²) in [5.74, 6) is 0.284. The number of aliphatic carboxylic acids is 1. The number of carbonyl (C=O) groups is 1. The topological polar surface area (TPSA) is 121 Å². The molecule has 0 amide bonds. The Kier molecular flexibility index (Phi) is 10.6. The highest BCUT2D eigenvalue weighted by Crippen LogP contribution is 2.39. The second kappa shape index (κ2) is 14.0. The molecule has 0 bridgehead atoms. The van der Waals surface area contributed by atoms with E-state index in [0.717, 1.165) is 61.6 Å². The third-order valence-corrected chi connectivity index (χ3v) is 8.93. The first-order valence-electron chi connectivity index (χ1n) is 15.3. The lowest BCUT2D eigenvalue weighted by Gasteiger charge is -2.39. The Bertz CT molecular complexity index is 1330. The van der Waals surface area contributed by atoms with Crippen LogP contribution in [0.3, 0.4) is 0 Å². The number of nitrogens with one attached hydrogen (secondary N) is 1. The SMILES string of the molecule is CCOc1ccc(Cc2cc(C3CCN(C[C@H]4CN([C@@H](C(=O)[O-])C(C)(C)C)C[C@@H]4c4cccc(F)c4)CC3)n[nH]2)cc1.[NH4+]. The number of carbonyl (C=O) groups excluding carboxylic acids is 1. The fraction of sp³-hybridized carbons (Fsp3) is 0.529. The Morgan fingerprint density at radius 1 is 1.12 bits per heavy atom. The van der Waals surface area contributed by atoms with Crippen molar-refractivity contribution < 1.29 is 19.0 Å². The molecule has 0 unspecified atom stereocenters. The number of carboxylic acid groups (broad SMARTS) is 1. The van der Waals surface area contributed by atoms with E-state index in [0.29, 0.717) is 25.6 Å². The van der Waals surface area contributed by atoms with Gasteiger partial charge in [0, 0.05) is 43.6 Å². The molecule has 2 saturated heterocycles. The van der Waals surface area contributed by atoms with Crippen LogP contribution in [-0.4, -0.2) is 71.3 Å². The van der Waals surface area contributed by atoms with Crippen molar-refractivity contribution in [1.82, 2.24) is 26.1 Å². The van der Waals surface area contributed by atoms with Crippen molar-refractivity contribution in [3.05, 3.63) is 82.9 Å². The predicted octanol–water partition coefficient (Wildman–Crippen LogP) is 4.97. The fourth-order valence-corrected chi connectivity index (χ4v) is 6.98. The molecule has 3 heterocycles. The number of piperidine rings is 1. The summed E-state index contributed by atoms with van der Waals surface area (Å²) < 4.78 is 19.8. The van der Waals surface area contributed by atoms with Crippen LogP contribution in [0.5, 0.6) is 5.75 Å². The molecule has 234 valence electrons. The normalized spacial score (nSPS) is 21.0. The summed E-state index contributed by atoms with van der Waals surface area (Å²) in [4.78, 5) is 16.8.